The first kappa shape index (κ1) is 15.2. The van der Waals surface area contributed by atoms with E-state index in [-0.39, 0.29) is 5.92 Å². The maximum absolute atomic E-state index is 5.06. The van der Waals surface area contributed by atoms with Crippen LogP contribution in [0.3, 0.4) is 0 Å². The van der Waals surface area contributed by atoms with Crippen LogP contribution in [0.4, 0.5) is 0 Å². The molecule has 0 aliphatic rings. The van der Waals surface area contributed by atoms with E-state index in [9.17, 15) is 0 Å². The summed E-state index contributed by atoms with van der Waals surface area (Å²) in [6.45, 7) is 2.01. The molecule has 3 nitrogen and oxygen atoms in total. The fourth-order valence-corrected chi connectivity index (χ4v) is 2.27. The van der Waals surface area contributed by atoms with E-state index in [1.165, 1.54) is 11.1 Å². The smallest absolute Gasteiger partial charge is 0.186 e. The molecule has 0 spiro atoms. The molecule has 0 aromatic heterocycles. The van der Waals surface area contributed by atoms with Crippen LogP contribution in [0, 0.1) is 0 Å². The van der Waals surface area contributed by atoms with E-state index in [0.29, 0.717) is 5.11 Å². The second-order valence-electron chi connectivity index (χ2n) is 4.70. The molecule has 0 aliphatic carbocycles. The van der Waals surface area contributed by atoms with E-state index in [0.717, 1.165) is 5.71 Å². The van der Waals surface area contributed by atoms with E-state index < -0.39 is 0 Å². The standard InChI is InChI=1S/C17H19N3S/c1-13(19-20-17(21)18-2)16(14-9-5-3-6-10-14)15-11-7-4-8-12-15/h3-12,16H,1-2H3,(H2,18,20,21)/b19-13-. The molecule has 4 heteroatoms. The highest BCUT2D eigenvalue weighted by Gasteiger charge is 2.17. The summed E-state index contributed by atoms with van der Waals surface area (Å²) in [4.78, 5) is 0. The zero-order valence-electron chi connectivity index (χ0n) is 12.2. The van der Waals surface area contributed by atoms with Crippen LogP contribution < -0.4 is 10.7 Å². The molecule has 0 radical (unpaired) electrons. The molecule has 0 fully saturated rings. The minimum Gasteiger partial charge on any atom is -0.364 e. The predicted octanol–water partition coefficient (Wildman–Crippen LogP) is 3.29. The summed E-state index contributed by atoms with van der Waals surface area (Å²) in [7, 11) is 1.77. The molecule has 0 aliphatic heterocycles. The van der Waals surface area contributed by atoms with E-state index in [4.69, 9.17) is 12.2 Å². The number of rotatable bonds is 4. The third-order valence-corrected chi connectivity index (χ3v) is 3.54. The summed E-state index contributed by atoms with van der Waals surface area (Å²) in [6, 6.07) is 20.7. The Morgan fingerprint density at radius 2 is 1.43 bits per heavy atom. The highest BCUT2D eigenvalue weighted by atomic mass is 32.1. The molecule has 0 unspecified atom stereocenters. The number of hydrogen-bond acceptors (Lipinski definition) is 2. The summed E-state index contributed by atoms with van der Waals surface area (Å²) in [6.07, 6.45) is 0. The van der Waals surface area contributed by atoms with Gasteiger partial charge in [0.1, 0.15) is 0 Å². The molecule has 108 valence electrons. The molecule has 2 rings (SSSR count). The van der Waals surface area contributed by atoms with E-state index >= 15 is 0 Å². The lowest BCUT2D eigenvalue weighted by molar-refractivity contribution is 0.943. The second-order valence-corrected chi connectivity index (χ2v) is 5.11. The summed E-state index contributed by atoms with van der Waals surface area (Å²) < 4.78 is 0. The van der Waals surface area contributed by atoms with Crippen LogP contribution in [0.5, 0.6) is 0 Å². The molecular formula is C17H19N3S. The largest absolute Gasteiger partial charge is 0.364 e. The summed E-state index contributed by atoms with van der Waals surface area (Å²) in [5, 5.41) is 7.77. The van der Waals surface area contributed by atoms with Gasteiger partial charge in [-0.1, -0.05) is 60.7 Å². The lowest BCUT2D eigenvalue weighted by Crippen LogP contribution is -2.30. The van der Waals surface area contributed by atoms with Crippen molar-refractivity contribution in [2.24, 2.45) is 5.10 Å². The molecule has 0 saturated carbocycles. The minimum atomic E-state index is 0.111. The van der Waals surface area contributed by atoms with Crippen molar-refractivity contribution in [3.05, 3.63) is 71.8 Å². The van der Waals surface area contributed by atoms with Gasteiger partial charge >= 0.3 is 0 Å². The number of benzene rings is 2. The van der Waals surface area contributed by atoms with Gasteiger partial charge in [0.2, 0.25) is 0 Å². The quantitative estimate of drug-likeness (QED) is 0.516. The Balaban J connectivity index is 2.35. The number of nitrogens with zero attached hydrogens (tertiary/aromatic N) is 1. The van der Waals surface area contributed by atoms with Gasteiger partial charge in [-0.05, 0) is 30.3 Å². The fourth-order valence-electron chi connectivity index (χ4n) is 2.23. The first-order chi connectivity index (χ1) is 10.2. The molecule has 2 aromatic carbocycles. The molecule has 0 bridgehead atoms. The van der Waals surface area contributed by atoms with E-state index in [2.05, 4.69) is 40.1 Å². The van der Waals surface area contributed by atoms with Crippen molar-refractivity contribution in [1.82, 2.24) is 10.7 Å². The normalized spacial score (nSPS) is 11.3. The maximum Gasteiger partial charge on any atom is 0.186 e. The zero-order valence-corrected chi connectivity index (χ0v) is 13.0. The number of hydrogen-bond donors (Lipinski definition) is 2. The van der Waals surface area contributed by atoms with Crippen molar-refractivity contribution < 1.29 is 0 Å². The monoisotopic (exact) mass is 297 g/mol. The van der Waals surface area contributed by atoms with Gasteiger partial charge in [-0.3, -0.25) is 5.43 Å². The van der Waals surface area contributed by atoms with Gasteiger partial charge in [-0.25, -0.2) is 0 Å². The van der Waals surface area contributed by atoms with Crippen molar-refractivity contribution in [3.63, 3.8) is 0 Å². The van der Waals surface area contributed by atoms with Gasteiger partial charge < -0.3 is 5.32 Å². The predicted molar refractivity (Wildman–Crippen MR) is 92.6 cm³/mol. The lowest BCUT2D eigenvalue weighted by atomic mass is 9.88. The topological polar surface area (TPSA) is 36.4 Å². The highest BCUT2D eigenvalue weighted by molar-refractivity contribution is 7.80. The average Bonchev–Trinajstić information content (AvgIpc) is 2.55. The minimum absolute atomic E-state index is 0.111. The Kier molecular flexibility index (Phi) is 5.46. The van der Waals surface area contributed by atoms with Crippen molar-refractivity contribution in [3.8, 4) is 0 Å². The Hall–Kier alpha value is -2.20. The van der Waals surface area contributed by atoms with Gasteiger partial charge in [0.15, 0.2) is 5.11 Å². The number of hydrazone groups is 1. The summed E-state index contributed by atoms with van der Waals surface area (Å²) >= 11 is 5.06. The van der Waals surface area contributed by atoms with Gasteiger partial charge in [0.05, 0.1) is 0 Å². The van der Waals surface area contributed by atoms with Crippen molar-refractivity contribution in [2.45, 2.75) is 12.8 Å². The lowest BCUT2D eigenvalue weighted by Gasteiger charge is -2.18. The zero-order chi connectivity index (χ0) is 15.1. The molecule has 21 heavy (non-hydrogen) atoms. The third kappa shape index (κ3) is 4.13. The molecular weight excluding hydrogens is 278 g/mol. The second kappa shape index (κ2) is 7.55. The Morgan fingerprint density at radius 1 is 0.952 bits per heavy atom. The van der Waals surface area contributed by atoms with E-state index in [1.54, 1.807) is 7.05 Å². The molecule has 0 heterocycles. The first-order valence-electron chi connectivity index (χ1n) is 6.84. The van der Waals surface area contributed by atoms with Crippen LogP contribution in [-0.2, 0) is 0 Å². The van der Waals surface area contributed by atoms with Crippen molar-refractivity contribution in [2.75, 3.05) is 7.05 Å². The van der Waals surface area contributed by atoms with Gasteiger partial charge in [-0.15, -0.1) is 0 Å². The third-order valence-electron chi connectivity index (χ3n) is 3.24. The SMILES string of the molecule is CNC(=S)N/N=C(/C)C(c1ccccc1)c1ccccc1. The van der Waals surface area contributed by atoms with Crippen molar-refractivity contribution >= 4 is 23.0 Å². The Labute approximate surface area is 131 Å². The van der Waals surface area contributed by atoms with E-state index in [1.807, 2.05) is 43.3 Å². The van der Waals surface area contributed by atoms with Crippen LogP contribution in [0.25, 0.3) is 0 Å². The fraction of sp³-hybridized carbons (Fsp3) is 0.176. The number of thiocarbonyl (C=S) groups is 1. The van der Waals surface area contributed by atoms with Crippen LogP contribution in [0.2, 0.25) is 0 Å². The van der Waals surface area contributed by atoms with Crippen molar-refractivity contribution in [1.29, 1.82) is 0 Å². The Bertz CT molecular complexity index is 569. The van der Waals surface area contributed by atoms with Crippen LogP contribution in [0.15, 0.2) is 65.8 Å². The maximum atomic E-state index is 5.06. The highest BCUT2D eigenvalue weighted by Crippen LogP contribution is 2.25. The van der Waals surface area contributed by atoms with Crippen LogP contribution in [-0.4, -0.2) is 17.9 Å². The van der Waals surface area contributed by atoms with Gasteiger partial charge in [-0.2, -0.15) is 5.10 Å². The van der Waals surface area contributed by atoms with Crippen LogP contribution in [0.1, 0.15) is 24.0 Å². The molecule has 2 aromatic rings. The summed E-state index contributed by atoms with van der Waals surface area (Å²) in [5.41, 5.74) is 6.24. The molecule has 2 N–H and O–H groups in total. The molecule has 0 amide bonds. The Morgan fingerprint density at radius 3 is 1.86 bits per heavy atom. The average molecular weight is 297 g/mol. The molecule has 0 atom stereocenters. The van der Waals surface area contributed by atoms with Crippen LogP contribution >= 0.6 is 12.2 Å². The van der Waals surface area contributed by atoms with Gasteiger partial charge in [0.25, 0.3) is 0 Å². The van der Waals surface area contributed by atoms with Gasteiger partial charge in [0, 0.05) is 18.7 Å². The first-order valence-corrected chi connectivity index (χ1v) is 7.25. The molecule has 0 saturated heterocycles. The summed E-state index contributed by atoms with van der Waals surface area (Å²) in [5.74, 6) is 0.111. The number of nitrogens with one attached hydrogen (secondary N) is 2.